The minimum absolute atomic E-state index is 0.00835. The Morgan fingerprint density at radius 1 is 0.545 bits per heavy atom. The summed E-state index contributed by atoms with van der Waals surface area (Å²) in [5.41, 5.74) is 0. The van der Waals surface area contributed by atoms with E-state index >= 15 is 0 Å². The summed E-state index contributed by atoms with van der Waals surface area (Å²) < 4.78 is 23.3. The molecule has 9 heteroatoms. The lowest BCUT2D eigenvalue weighted by Crippen LogP contribution is -2.45. The van der Waals surface area contributed by atoms with Gasteiger partial charge in [-0.3, -0.25) is 9.36 Å². The second-order valence-electron chi connectivity index (χ2n) is 19.6. The Bertz CT molecular complexity index is 1300. The summed E-state index contributed by atoms with van der Waals surface area (Å²) in [5, 5.41) is 13.9. The van der Waals surface area contributed by atoms with Crippen LogP contribution < -0.4 is 10.2 Å². The number of quaternary nitrogens is 1. The van der Waals surface area contributed by atoms with Gasteiger partial charge in [0.05, 0.1) is 39.9 Å². The highest BCUT2D eigenvalue weighted by molar-refractivity contribution is 7.45. The number of nitrogens with zero attached hydrogens (tertiary/aromatic N) is 1. The summed E-state index contributed by atoms with van der Waals surface area (Å²) >= 11 is 0. The second-order valence-corrected chi connectivity index (χ2v) is 21.0. The van der Waals surface area contributed by atoms with E-state index in [0.717, 1.165) is 89.9 Å². The van der Waals surface area contributed by atoms with Gasteiger partial charge in [0.25, 0.3) is 7.82 Å². The van der Waals surface area contributed by atoms with Crippen molar-refractivity contribution in [2.75, 3.05) is 40.9 Å². The van der Waals surface area contributed by atoms with Crippen LogP contribution in [0.4, 0.5) is 0 Å². The number of rotatable bonds is 49. The molecule has 0 spiro atoms. The van der Waals surface area contributed by atoms with E-state index < -0.39 is 26.6 Å². The molecule has 0 bridgehead atoms. The Balaban J connectivity index is 4.32. The smallest absolute Gasteiger partial charge is 0.268 e. The molecule has 3 atom stereocenters. The third-order valence-corrected chi connectivity index (χ3v) is 12.9. The highest BCUT2D eigenvalue weighted by Crippen LogP contribution is 2.38. The summed E-state index contributed by atoms with van der Waals surface area (Å²) in [6, 6.07) is -0.902. The molecule has 0 aliphatic rings. The van der Waals surface area contributed by atoms with Gasteiger partial charge in [0, 0.05) is 6.42 Å². The quantitative estimate of drug-likeness (QED) is 0.0272. The van der Waals surface area contributed by atoms with Gasteiger partial charge in [0.2, 0.25) is 5.91 Å². The Kier molecular flexibility index (Phi) is 46.5. The van der Waals surface area contributed by atoms with E-state index in [1.165, 1.54) is 122 Å². The standard InChI is InChI=1S/C57H105N2O6P/c1-6-8-10-12-14-16-18-20-22-24-26-28-29-31-32-34-36-38-40-42-44-46-48-50-56(60)55(54-65-66(62,63)64-53-52-59(3,4)5)58-57(61)51-49-47-45-43-41-39-37-35-33-30-27-25-23-21-19-17-15-13-11-9-7-2/h9,11,15,17,21,23,27,30,35,37,48,50,55-56,60H,6-8,10,12-14,16,18-20,22,24-26,28-29,31-34,36,38-47,49,51-54H2,1-5H3,(H-,58,61,62,63)/b11-9-,17-15-,23-21-,30-27-,37-35-,50-48+. The fourth-order valence-corrected chi connectivity index (χ4v) is 8.37. The molecule has 0 fully saturated rings. The molecule has 0 saturated heterocycles. The van der Waals surface area contributed by atoms with Gasteiger partial charge in [0.15, 0.2) is 0 Å². The Morgan fingerprint density at radius 2 is 0.924 bits per heavy atom. The number of aliphatic hydroxyl groups excluding tert-OH is 1. The van der Waals surface area contributed by atoms with Crippen molar-refractivity contribution >= 4 is 13.7 Å². The van der Waals surface area contributed by atoms with E-state index in [1.807, 2.05) is 27.2 Å². The molecule has 8 nitrogen and oxygen atoms in total. The van der Waals surface area contributed by atoms with Gasteiger partial charge in [-0.1, -0.05) is 234 Å². The molecule has 3 unspecified atom stereocenters. The van der Waals surface area contributed by atoms with Crippen LogP contribution >= 0.6 is 7.82 Å². The summed E-state index contributed by atoms with van der Waals surface area (Å²) in [6.07, 6.45) is 65.3. The average Bonchev–Trinajstić information content (AvgIpc) is 3.28. The molecule has 66 heavy (non-hydrogen) atoms. The molecule has 0 aliphatic carbocycles. The van der Waals surface area contributed by atoms with Crippen molar-refractivity contribution in [2.45, 2.75) is 244 Å². The van der Waals surface area contributed by atoms with Gasteiger partial charge in [-0.05, 0) is 64.2 Å². The van der Waals surface area contributed by atoms with Crippen molar-refractivity contribution in [1.82, 2.24) is 5.32 Å². The highest BCUT2D eigenvalue weighted by atomic mass is 31.2. The first-order valence-electron chi connectivity index (χ1n) is 27.3. The molecular formula is C57H105N2O6P. The van der Waals surface area contributed by atoms with Crippen LogP contribution in [0.2, 0.25) is 0 Å². The molecule has 0 aromatic rings. The van der Waals surface area contributed by atoms with E-state index in [9.17, 15) is 19.4 Å². The molecular weight excluding hydrogens is 840 g/mol. The van der Waals surface area contributed by atoms with Crippen molar-refractivity contribution in [1.29, 1.82) is 0 Å². The minimum atomic E-state index is -4.61. The van der Waals surface area contributed by atoms with Crippen LogP contribution in [0.3, 0.4) is 0 Å². The topological polar surface area (TPSA) is 108 Å². The Morgan fingerprint density at radius 3 is 1.35 bits per heavy atom. The summed E-state index contributed by atoms with van der Waals surface area (Å²) in [5.74, 6) is -0.217. The lowest BCUT2D eigenvalue weighted by atomic mass is 10.0. The molecule has 384 valence electrons. The monoisotopic (exact) mass is 945 g/mol. The Hall–Kier alpha value is -2.06. The zero-order valence-electron chi connectivity index (χ0n) is 43.6. The van der Waals surface area contributed by atoms with Crippen molar-refractivity contribution in [3.63, 3.8) is 0 Å². The Labute approximate surface area is 408 Å². The van der Waals surface area contributed by atoms with E-state index in [1.54, 1.807) is 6.08 Å². The number of allylic oxidation sites excluding steroid dienone is 11. The first-order valence-corrected chi connectivity index (χ1v) is 28.8. The number of phosphoric ester groups is 1. The lowest BCUT2D eigenvalue weighted by molar-refractivity contribution is -0.870. The molecule has 0 heterocycles. The number of likely N-dealkylation sites (N-methyl/N-ethyl adjacent to an activating group) is 1. The zero-order valence-corrected chi connectivity index (χ0v) is 44.5. The highest BCUT2D eigenvalue weighted by Gasteiger charge is 2.23. The van der Waals surface area contributed by atoms with Crippen molar-refractivity contribution in [3.8, 4) is 0 Å². The summed E-state index contributed by atoms with van der Waals surface area (Å²) in [6.45, 7) is 4.53. The molecule has 0 aromatic carbocycles. The van der Waals surface area contributed by atoms with Crippen molar-refractivity contribution < 1.29 is 32.9 Å². The van der Waals surface area contributed by atoms with Crippen LogP contribution in [0.1, 0.15) is 232 Å². The van der Waals surface area contributed by atoms with Crippen LogP contribution in [0.15, 0.2) is 72.9 Å². The first-order chi connectivity index (χ1) is 32.0. The van der Waals surface area contributed by atoms with Crippen LogP contribution in [0.25, 0.3) is 0 Å². The fourth-order valence-electron chi connectivity index (χ4n) is 7.65. The number of hydrogen-bond donors (Lipinski definition) is 2. The number of aliphatic hydroxyl groups is 1. The van der Waals surface area contributed by atoms with Crippen LogP contribution in [-0.2, 0) is 18.4 Å². The minimum Gasteiger partial charge on any atom is -0.756 e. The van der Waals surface area contributed by atoms with Gasteiger partial charge in [0.1, 0.15) is 13.2 Å². The molecule has 0 saturated carbocycles. The predicted molar refractivity (Wildman–Crippen MR) is 284 cm³/mol. The lowest BCUT2D eigenvalue weighted by Gasteiger charge is -2.29. The van der Waals surface area contributed by atoms with Crippen LogP contribution in [0.5, 0.6) is 0 Å². The van der Waals surface area contributed by atoms with Gasteiger partial charge in [-0.2, -0.15) is 0 Å². The van der Waals surface area contributed by atoms with Crippen LogP contribution in [0, 0.1) is 0 Å². The number of carbonyl (C=O) groups is 1. The maximum atomic E-state index is 12.9. The number of unbranched alkanes of at least 4 members (excludes halogenated alkanes) is 26. The molecule has 0 radical (unpaired) electrons. The molecule has 2 N–H and O–H groups in total. The van der Waals surface area contributed by atoms with Gasteiger partial charge in [-0.15, -0.1) is 0 Å². The van der Waals surface area contributed by atoms with Gasteiger partial charge < -0.3 is 28.8 Å². The number of amides is 1. The average molecular weight is 945 g/mol. The third kappa shape index (κ3) is 49.8. The van der Waals surface area contributed by atoms with Crippen LogP contribution in [-0.4, -0.2) is 68.5 Å². The van der Waals surface area contributed by atoms with E-state index in [0.29, 0.717) is 17.4 Å². The number of nitrogens with one attached hydrogen (secondary N) is 1. The number of phosphoric acid groups is 1. The van der Waals surface area contributed by atoms with E-state index in [2.05, 4.69) is 79.9 Å². The zero-order chi connectivity index (χ0) is 48.5. The first kappa shape index (κ1) is 63.9. The van der Waals surface area contributed by atoms with Crippen molar-refractivity contribution in [3.05, 3.63) is 72.9 Å². The second kappa shape index (κ2) is 48.0. The fraction of sp³-hybridized carbons (Fsp3) is 0.772. The normalized spacial score (nSPS) is 14.6. The predicted octanol–water partition coefficient (Wildman–Crippen LogP) is 15.7. The maximum Gasteiger partial charge on any atom is 0.268 e. The molecule has 0 rings (SSSR count). The number of hydrogen-bond acceptors (Lipinski definition) is 6. The maximum absolute atomic E-state index is 12.9. The summed E-state index contributed by atoms with van der Waals surface area (Å²) in [7, 11) is 1.24. The van der Waals surface area contributed by atoms with Gasteiger partial charge >= 0.3 is 0 Å². The molecule has 0 aliphatic heterocycles. The number of carbonyl (C=O) groups excluding carboxylic acids is 1. The van der Waals surface area contributed by atoms with E-state index in [4.69, 9.17) is 9.05 Å². The third-order valence-electron chi connectivity index (χ3n) is 11.9. The summed E-state index contributed by atoms with van der Waals surface area (Å²) in [4.78, 5) is 25.5. The van der Waals surface area contributed by atoms with Crippen molar-refractivity contribution in [2.24, 2.45) is 0 Å². The largest absolute Gasteiger partial charge is 0.756 e. The van der Waals surface area contributed by atoms with Gasteiger partial charge in [-0.25, -0.2) is 0 Å². The van der Waals surface area contributed by atoms with E-state index in [-0.39, 0.29) is 12.5 Å². The molecule has 0 aromatic heterocycles. The molecule has 1 amide bonds. The SMILES string of the molecule is CC/C=C\C/C=C\C/C=C\C/C=C\C/C=C\CCCCCCCC(=O)NC(COP(=O)([O-])OCC[N+](C)(C)C)C(O)/C=C/CCCCCCCCCCCCCCCCCCCCCCC.